The van der Waals surface area contributed by atoms with Crippen molar-refractivity contribution < 1.29 is 19.4 Å². The third kappa shape index (κ3) is 12.2. The van der Waals surface area contributed by atoms with E-state index in [2.05, 4.69) is 10.6 Å². The monoisotopic (exact) mass is 290 g/mol. The summed E-state index contributed by atoms with van der Waals surface area (Å²) in [5.74, 6) is -1.22. The molecule has 0 radical (unpaired) electrons. The van der Waals surface area contributed by atoms with Gasteiger partial charge in [-0.1, -0.05) is 12.8 Å². The van der Waals surface area contributed by atoms with E-state index in [4.69, 9.17) is 0 Å². The van der Waals surface area contributed by atoms with E-state index in [1.165, 1.54) is 0 Å². The van der Waals surface area contributed by atoms with Gasteiger partial charge in [0.2, 0.25) is 0 Å². The lowest BCUT2D eigenvalue weighted by atomic mass is 10.2. The minimum absolute atomic E-state index is 0.375. The van der Waals surface area contributed by atoms with Crippen LogP contribution in [0.15, 0.2) is 0 Å². The highest BCUT2D eigenvalue weighted by molar-refractivity contribution is 5.77. The summed E-state index contributed by atoms with van der Waals surface area (Å²) in [7, 11) is 0. The lowest BCUT2D eigenvalue weighted by Gasteiger charge is -2.04. The van der Waals surface area contributed by atoms with Gasteiger partial charge in [-0.05, 0) is 12.8 Å². The molecule has 0 saturated carbocycles. The zero-order chi connectivity index (χ0) is 15.4. The number of nitro groups is 2. The average Bonchev–Trinajstić information content (AvgIpc) is 2.30. The summed E-state index contributed by atoms with van der Waals surface area (Å²) in [5, 5.41) is 24.9. The Balaban J connectivity index is 3.33. The predicted molar refractivity (Wildman–Crippen MR) is 68.2 cm³/mol. The molecule has 0 aliphatic carbocycles. The second kappa shape index (κ2) is 10.6. The zero-order valence-corrected chi connectivity index (χ0v) is 11.0. The van der Waals surface area contributed by atoms with Gasteiger partial charge in [0.05, 0.1) is 0 Å². The molecule has 20 heavy (non-hydrogen) atoms. The molecule has 2 amide bonds. The van der Waals surface area contributed by atoms with Gasteiger partial charge in [-0.25, -0.2) is 0 Å². The smallest absolute Gasteiger partial charge is 0.291 e. The highest BCUT2D eigenvalue weighted by Gasteiger charge is 2.08. The molecule has 0 spiro atoms. The number of unbranched alkanes of at least 4 members (excludes halogenated alkanes) is 3. The molecule has 10 heteroatoms. The topological polar surface area (TPSA) is 144 Å². The third-order valence-corrected chi connectivity index (χ3v) is 2.29. The molecule has 0 rings (SSSR count). The van der Waals surface area contributed by atoms with Crippen LogP contribution in [0.3, 0.4) is 0 Å². The van der Waals surface area contributed by atoms with Crippen LogP contribution in [0.5, 0.6) is 0 Å². The molecule has 0 aromatic carbocycles. The number of nitrogens with one attached hydrogen (secondary N) is 2. The van der Waals surface area contributed by atoms with Crippen molar-refractivity contribution in [3.63, 3.8) is 0 Å². The summed E-state index contributed by atoms with van der Waals surface area (Å²) in [6.07, 6.45) is 2.96. The van der Waals surface area contributed by atoms with Crippen LogP contribution in [-0.2, 0) is 9.59 Å². The van der Waals surface area contributed by atoms with Crippen molar-refractivity contribution in [3.8, 4) is 0 Å². The molecule has 0 aliphatic rings. The van der Waals surface area contributed by atoms with Crippen molar-refractivity contribution in [3.05, 3.63) is 20.2 Å². The lowest BCUT2D eigenvalue weighted by Crippen LogP contribution is -2.31. The molecule has 0 aromatic rings. The Morgan fingerprint density at radius 1 is 0.750 bits per heavy atom. The van der Waals surface area contributed by atoms with E-state index in [9.17, 15) is 29.8 Å². The number of nitrogens with zero attached hydrogens (tertiary/aromatic N) is 2. The first kappa shape index (κ1) is 17.7. The number of amides is 2. The first-order valence-electron chi connectivity index (χ1n) is 6.19. The van der Waals surface area contributed by atoms with Crippen LogP contribution < -0.4 is 10.6 Å². The van der Waals surface area contributed by atoms with Gasteiger partial charge in [0.1, 0.15) is 0 Å². The van der Waals surface area contributed by atoms with Crippen molar-refractivity contribution in [1.29, 1.82) is 0 Å². The van der Waals surface area contributed by atoms with Gasteiger partial charge in [-0.15, -0.1) is 0 Å². The fourth-order valence-corrected chi connectivity index (χ4v) is 1.41. The molecule has 0 unspecified atom stereocenters. The van der Waals surface area contributed by atoms with Crippen LogP contribution in [0.1, 0.15) is 25.7 Å². The molecule has 0 atom stereocenters. The quantitative estimate of drug-likeness (QED) is 0.293. The van der Waals surface area contributed by atoms with E-state index in [-0.39, 0.29) is 0 Å². The predicted octanol–water partition coefficient (Wildman–Crippen LogP) is -0.667. The summed E-state index contributed by atoms with van der Waals surface area (Å²) < 4.78 is 0. The number of hydrogen-bond acceptors (Lipinski definition) is 6. The number of hydrogen-bond donors (Lipinski definition) is 2. The van der Waals surface area contributed by atoms with Gasteiger partial charge in [0.25, 0.3) is 24.9 Å². The molecule has 0 aliphatic heterocycles. The normalized spacial score (nSPS) is 9.80. The highest BCUT2D eigenvalue weighted by Crippen LogP contribution is 1.97. The first-order valence-corrected chi connectivity index (χ1v) is 6.19. The molecule has 0 saturated heterocycles. The number of carbonyl (C=O) groups excluding carboxylic acids is 2. The van der Waals surface area contributed by atoms with Gasteiger partial charge < -0.3 is 10.6 Å². The minimum Gasteiger partial charge on any atom is -0.350 e. The third-order valence-electron chi connectivity index (χ3n) is 2.29. The Morgan fingerprint density at radius 3 is 1.40 bits per heavy atom. The molecule has 0 heterocycles. The molecule has 0 aromatic heterocycles. The van der Waals surface area contributed by atoms with Crippen molar-refractivity contribution in [2.75, 3.05) is 26.2 Å². The van der Waals surface area contributed by atoms with Crippen LogP contribution in [-0.4, -0.2) is 47.8 Å². The van der Waals surface area contributed by atoms with E-state index in [0.717, 1.165) is 12.8 Å². The molecular weight excluding hydrogens is 272 g/mol. The zero-order valence-electron chi connectivity index (χ0n) is 11.0. The largest absolute Gasteiger partial charge is 0.350 e. The Bertz CT molecular complexity index is 326. The van der Waals surface area contributed by atoms with Crippen LogP contribution in [0, 0.1) is 20.2 Å². The highest BCUT2D eigenvalue weighted by atomic mass is 16.6. The second-order valence-corrected chi connectivity index (χ2v) is 4.10. The molecule has 0 bridgehead atoms. The summed E-state index contributed by atoms with van der Waals surface area (Å²) in [6.45, 7) is -0.689. The molecular formula is C10H18N4O6. The maximum Gasteiger partial charge on any atom is 0.291 e. The standard InChI is InChI=1S/C10H18N4O6/c15-9(7-13(17)18)11-5-3-1-2-4-6-12-10(16)8-14(19)20/h1-8H2,(H,11,15)(H,12,16). The van der Waals surface area contributed by atoms with E-state index in [1.807, 2.05) is 0 Å². The van der Waals surface area contributed by atoms with Crippen molar-refractivity contribution >= 4 is 11.8 Å². The molecule has 10 nitrogen and oxygen atoms in total. The van der Waals surface area contributed by atoms with E-state index >= 15 is 0 Å². The second-order valence-electron chi connectivity index (χ2n) is 4.10. The fraction of sp³-hybridized carbons (Fsp3) is 0.800. The van der Waals surface area contributed by atoms with Gasteiger partial charge >= 0.3 is 0 Å². The van der Waals surface area contributed by atoms with Gasteiger partial charge in [-0.2, -0.15) is 0 Å². The first-order chi connectivity index (χ1) is 9.41. The van der Waals surface area contributed by atoms with Crippen LogP contribution >= 0.6 is 0 Å². The Kier molecular flexibility index (Phi) is 9.44. The average molecular weight is 290 g/mol. The molecule has 0 fully saturated rings. The van der Waals surface area contributed by atoms with E-state index < -0.39 is 34.8 Å². The maximum atomic E-state index is 10.9. The Hall–Kier alpha value is -2.26. The molecule has 114 valence electrons. The summed E-state index contributed by atoms with van der Waals surface area (Å²) >= 11 is 0. The van der Waals surface area contributed by atoms with Crippen molar-refractivity contribution in [2.24, 2.45) is 0 Å². The van der Waals surface area contributed by atoms with Crippen molar-refractivity contribution in [1.82, 2.24) is 10.6 Å². The number of carbonyl (C=O) groups is 2. The van der Waals surface area contributed by atoms with E-state index in [0.29, 0.717) is 25.9 Å². The summed E-state index contributed by atoms with van der Waals surface area (Å²) in [5.41, 5.74) is 0. The summed E-state index contributed by atoms with van der Waals surface area (Å²) in [4.78, 5) is 40.4. The van der Waals surface area contributed by atoms with Crippen LogP contribution in [0.25, 0.3) is 0 Å². The lowest BCUT2D eigenvalue weighted by molar-refractivity contribution is -0.467. The van der Waals surface area contributed by atoms with E-state index in [1.54, 1.807) is 0 Å². The Morgan fingerprint density at radius 2 is 1.10 bits per heavy atom. The summed E-state index contributed by atoms with van der Waals surface area (Å²) in [6, 6.07) is 0. The van der Waals surface area contributed by atoms with Crippen LogP contribution in [0.2, 0.25) is 0 Å². The fourth-order valence-electron chi connectivity index (χ4n) is 1.41. The van der Waals surface area contributed by atoms with Gasteiger partial charge in [0.15, 0.2) is 0 Å². The number of rotatable bonds is 11. The molecule has 2 N–H and O–H groups in total. The van der Waals surface area contributed by atoms with Gasteiger partial charge in [0, 0.05) is 22.9 Å². The van der Waals surface area contributed by atoms with Gasteiger partial charge in [-0.3, -0.25) is 29.8 Å². The minimum atomic E-state index is -0.720. The SMILES string of the molecule is O=C(C[N+](=O)[O-])NCCCCCCNC(=O)C[N+](=O)[O-]. The maximum absolute atomic E-state index is 10.9. The van der Waals surface area contributed by atoms with Crippen LogP contribution in [0.4, 0.5) is 0 Å². The van der Waals surface area contributed by atoms with Crippen molar-refractivity contribution in [2.45, 2.75) is 25.7 Å². The Labute approximate surface area is 115 Å².